The third kappa shape index (κ3) is 3.82. The summed E-state index contributed by atoms with van der Waals surface area (Å²) in [7, 11) is 0. The van der Waals surface area contributed by atoms with E-state index in [0.717, 1.165) is 32.4 Å². The summed E-state index contributed by atoms with van der Waals surface area (Å²) in [4.78, 5) is 0. The van der Waals surface area contributed by atoms with E-state index in [-0.39, 0.29) is 6.10 Å². The van der Waals surface area contributed by atoms with Crippen LogP contribution in [0.3, 0.4) is 0 Å². The van der Waals surface area contributed by atoms with Gasteiger partial charge in [-0.2, -0.15) is 5.10 Å². The van der Waals surface area contributed by atoms with Gasteiger partial charge in [0.15, 0.2) is 0 Å². The Morgan fingerprint density at radius 3 is 2.50 bits per heavy atom. The molecule has 0 aliphatic carbocycles. The van der Waals surface area contributed by atoms with Crippen LogP contribution in [0.4, 0.5) is 0 Å². The number of aryl methyl sites for hydroxylation is 1. The summed E-state index contributed by atoms with van der Waals surface area (Å²) in [6, 6.07) is 0. The normalized spacial score (nSPS) is 11.4. The molecule has 0 bridgehead atoms. The van der Waals surface area contributed by atoms with Gasteiger partial charge in [0.2, 0.25) is 0 Å². The molecule has 1 heterocycles. The van der Waals surface area contributed by atoms with Crippen LogP contribution in [0.5, 0.6) is 0 Å². The minimum absolute atomic E-state index is 0.278. The van der Waals surface area contributed by atoms with Gasteiger partial charge < -0.3 is 10.5 Å². The average molecular weight is 253 g/mol. The van der Waals surface area contributed by atoms with E-state index in [0.29, 0.717) is 6.54 Å². The molecule has 0 saturated carbocycles. The molecule has 0 unspecified atom stereocenters. The molecule has 0 aliphatic heterocycles. The van der Waals surface area contributed by atoms with Gasteiger partial charge in [0, 0.05) is 5.69 Å². The first-order chi connectivity index (χ1) is 8.63. The maximum atomic E-state index is 5.70. The quantitative estimate of drug-likeness (QED) is 0.770. The smallest absolute Gasteiger partial charge is 0.0666 e. The molecule has 0 atom stereocenters. The Hall–Kier alpha value is -0.870. The van der Waals surface area contributed by atoms with Crippen molar-refractivity contribution in [2.45, 2.75) is 59.6 Å². The average Bonchev–Trinajstić information content (AvgIpc) is 2.66. The molecule has 0 aromatic carbocycles. The van der Waals surface area contributed by atoms with Crippen LogP contribution in [0.1, 0.15) is 44.6 Å². The van der Waals surface area contributed by atoms with Gasteiger partial charge in [-0.1, -0.05) is 13.8 Å². The maximum absolute atomic E-state index is 5.70. The maximum Gasteiger partial charge on any atom is 0.0666 e. The lowest BCUT2D eigenvalue weighted by molar-refractivity contribution is 0.0705. The van der Waals surface area contributed by atoms with Crippen molar-refractivity contribution in [1.82, 2.24) is 9.78 Å². The zero-order valence-corrected chi connectivity index (χ0v) is 12.2. The summed E-state index contributed by atoms with van der Waals surface area (Å²) in [5.41, 5.74) is 9.57. The van der Waals surface area contributed by atoms with E-state index in [4.69, 9.17) is 15.6 Å². The van der Waals surface area contributed by atoms with E-state index < -0.39 is 0 Å². The molecule has 0 aliphatic rings. The van der Waals surface area contributed by atoms with Gasteiger partial charge in [0.25, 0.3) is 0 Å². The minimum Gasteiger partial charge on any atom is -0.377 e. The van der Waals surface area contributed by atoms with Gasteiger partial charge in [-0.3, -0.25) is 4.68 Å². The molecule has 0 saturated heterocycles. The van der Waals surface area contributed by atoms with E-state index in [1.54, 1.807) is 0 Å². The number of rotatable bonds is 8. The van der Waals surface area contributed by atoms with Gasteiger partial charge >= 0.3 is 0 Å². The van der Waals surface area contributed by atoms with Crippen LogP contribution in [0.15, 0.2) is 0 Å². The molecule has 1 aromatic rings. The molecule has 1 aromatic heterocycles. The third-order valence-corrected chi connectivity index (χ3v) is 3.07. The summed E-state index contributed by atoms with van der Waals surface area (Å²) in [5.74, 6) is 0. The lowest BCUT2D eigenvalue weighted by Gasteiger charge is -2.10. The van der Waals surface area contributed by atoms with Crippen LogP contribution in [-0.4, -0.2) is 29.0 Å². The highest BCUT2D eigenvalue weighted by Gasteiger charge is 2.14. The van der Waals surface area contributed by atoms with Crippen molar-refractivity contribution < 1.29 is 4.74 Å². The zero-order valence-electron chi connectivity index (χ0n) is 12.2. The zero-order chi connectivity index (χ0) is 13.5. The number of hydrogen-bond acceptors (Lipinski definition) is 3. The Labute approximate surface area is 111 Å². The standard InChI is InChI=1S/C14H27N3O/c1-5-13-12(7-8-15)14(6-2)17(16-13)9-10-18-11(3)4/h11H,5-10,15H2,1-4H3. The second-order valence-corrected chi connectivity index (χ2v) is 4.76. The second-order valence-electron chi connectivity index (χ2n) is 4.76. The summed E-state index contributed by atoms with van der Waals surface area (Å²) in [5, 5.41) is 4.70. The van der Waals surface area contributed by atoms with Crippen LogP contribution in [-0.2, 0) is 30.5 Å². The van der Waals surface area contributed by atoms with Crippen LogP contribution in [0.25, 0.3) is 0 Å². The number of nitrogens with two attached hydrogens (primary N) is 1. The van der Waals surface area contributed by atoms with Crippen LogP contribution in [0, 0.1) is 0 Å². The van der Waals surface area contributed by atoms with Crippen molar-refractivity contribution in [2.24, 2.45) is 5.73 Å². The lowest BCUT2D eigenvalue weighted by Crippen LogP contribution is -2.14. The first-order valence-corrected chi connectivity index (χ1v) is 7.03. The van der Waals surface area contributed by atoms with Crippen LogP contribution in [0.2, 0.25) is 0 Å². The fraction of sp³-hybridized carbons (Fsp3) is 0.786. The summed E-state index contributed by atoms with van der Waals surface area (Å²) < 4.78 is 7.71. The largest absolute Gasteiger partial charge is 0.377 e. The topological polar surface area (TPSA) is 53.1 Å². The number of aromatic nitrogens is 2. The van der Waals surface area contributed by atoms with Crippen LogP contribution >= 0.6 is 0 Å². The SMILES string of the molecule is CCc1nn(CCOC(C)C)c(CC)c1CCN. The second kappa shape index (κ2) is 7.54. The first-order valence-electron chi connectivity index (χ1n) is 7.03. The highest BCUT2D eigenvalue weighted by atomic mass is 16.5. The fourth-order valence-electron chi connectivity index (χ4n) is 2.26. The van der Waals surface area contributed by atoms with Gasteiger partial charge in [0.1, 0.15) is 0 Å². The Kier molecular flexibility index (Phi) is 6.36. The number of ether oxygens (including phenoxy) is 1. The molecule has 0 amide bonds. The molecule has 1 rings (SSSR count). The Bertz CT molecular complexity index is 358. The van der Waals surface area contributed by atoms with Crippen molar-refractivity contribution in [2.75, 3.05) is 13.2 Å². The van der Waals surface area contributed by atoms with Crippen molar-refractivity contribution in [1.29, 1.82) is 0 Å². The molecule has 0 spiro atoms. The fourth-order valence-corrected chi connectivity index (χ4v) is 2.26. The van der Waals surface area contributed by atoms with E-state index in [9.17, 15) is 0 Å². The summed E-state index contributed by atoms with van der Waals surface area (Å²) >= 11 is 0. The van der Waals surface area contributed by atoms with E-state index in [2.05, 4.69) is 32.4 Å². The molecular formula is C14H27N3O. The third-order valence-electron chi connectivity index (χ3n) is 3.07. The molecule has 0 radical (unpaired) electrons. The van der Waals surface area contributed by atoms with E-state index in [1.807, 2.05) is 0 Å². The molecule has 0 fully saturated rings. The van der Waals surface area contributed by atoms with Gasteiger partial charge in [0.05, 0.1) is 24.9 Å². The summed E-state index contributed by atoms with van der Waals surface area (Å²) in [6.07, 6.45) is 3.18. The highest BCUT2D eigenvalue weighted by Crippen LogP contribution is 2.16. The molecular weight excluding hydrogens is 226 g/mol. The monoisotopic (exact) mass is 253 g/mol. The van der Waals surface area contributed by atoms with Crippen molar-refractivity contribution in [3.63, 3.8) is 0 Å². The highest BCUT2D eigenvalue weighted by molar-refractivity contribution is 5.27. The van der Waals surface area contributed by atoms with E-state index in [1.165, 1.54) is 17.0 Å². The predicted octanol–water partition coefficient (Wildman–Crippen LogP) is 1.93. The Balaban J connectivity index is 2.83. The van der Waals surface area contributed by atoms with Crippen molar-refractivity contribution in [3.05, 3.63) is 17.0 Å². The number of hydrogen-bond donors (Lipinski definition) is 1. The van der Waals surface area contributed by atoms with Gasteiger partial charge in [-0.15, -0.1) is 0 Å². The van der Waals surface area contributed by atoms with Gasteiger partial charge in [-0.05, 0) is 45.2 Å². The first kappa shape index (κ1) is 15.2. The minimum atomic E-state index is 0.278. The molecule has 2 N–H and O–H groups in total. The van der Waals surface area contributed by atoms with Crippen LogP contribution < -0.4 is 5.73 Å². The van der Waals surface area contributed by atoms with Crippen molar-refractivity contribution in [3.8, 4) is 0 Å². The predicted molar refractivity (Wildman–Crippen MR) is 74.8 cm³/mol. The van der Waals surface area contributed by atoms with Gasteiger partial charge in [-0.25, -0.2) is 0 Å². The lowest BCUT2D eigenvalue weighted by atomic mass is 10.1. The Morgan fingerprint density at radius 2 is 2.00 bits per heavy atom. The number of nitrogens with zero attached hydrogens (tertiary/aromatic N) is 2. The molecule has 18 heavy (non-hydrogen) atoms. The molecule has 104 valence electrons. The Morgan fingerprint density at radius 1 is 1.28 bits per heavy atom. The molecule has 4 heteroatoms. The summed E-state index contributed by atoms with van der Waals surface area (Å²) in [6.45, 7) is 10.7. The molecule has 4 nitrogen and oxygen atoms in total. The van der Waals surface area contributed by atoms with Crippen molar-refractivity contribution >= 4 is 0 Å². The van der Waals surface area contributed by atoms with E-state index >= 15 is 0 Å².